The van der Waals surface area contributed by atoms with Crippen LogP contribution in [-0.2, 0) is 11.2 Å². The highest BCUT2D eigenvalue weighted by atomic mass is 35.5. The molecule has 8 heteroatoms. The molecule has 4 rings (SSSR count). The number of rotatable bonds is 4. The highest BCUT2D eigenvalue weighted by Gasteiger charge is 2.26. The first-order chi connectivity index (χ1) is 14.1. The first kappa shape index (κ1) is 19.1. The molecule has 0 spiro atoms. The number of pyridine rings is 1. The van der Waals surface area contributed by atoms with E-state index in [0.29, 0.717) is 36.9 Å². The number of piperazine rings is 1. The van der Waals surface area contributed by atoms with Gasteiger partial charge in [-0.15, -0.1) is 0 Å². The third kappa shape index (κ3) is 4.30. The standard InChI is InChI=1S/C21H20ClN5O2/c22-17-6-1-2-7-19(17)27-10-8-18(24-27)21(29)26-13-11-25(12-14-26)20(28)15-16-5-3-4-9-23-16/h1-10H,11-15H2. The summed E-state index contributed by atoms with van der Waals surface area (Å²) in [5, 5.41) is 4.94. The quantitative estimate of drug-likeness (QED) is 0.663. The predicted octanol–water partition coefficient (Wildman–Crippen LogP) is 2.45. The smallest absolute Gasteiger partial charge is 0.274 e. The Hall–Kier alpha value is -3.19. The van der Waals surface area contributed by atoms with Crippen LogP contribution in [0.15, 0.2) is 60.9 Å². The van der Waals surface area contributed by atoms with E-state index in [2.05, 4.69) is 10.1 Å². The van der Waals surface area contributed by atoms with E-state index in [1.807, 2.05) is 36.4 Å². The van der Waals surface area contributed by atoms with Crippen molar-refractivity contribution < 1.29 is 9.59 Å². The van der Waals surface area contributed by atoms with E-state index in [4.69, 9.17) is 11.6 Å². The molecular weight excluding hydrogens is 390 g/mol. The highest BCUT2D eigenvalue weighted by Crippen LogP contribution is 2.19. The molecule has 148 valence electrons. The van der Waals surface area contributed by atoms with E-state index in [9.17, 15) is 9.59 Å². The van der Waals surface area contributed by atoms with Crippen LogP contribution < -0.4 is 0 Å². The van der Waals surface area contributed by atoms with Crippen LogP contribution in [0.3, 0.4) is 0 Å². The first-order valence-electron chi connectivity index (χ1n) is 9.39. The van der Waals surface area contributed by atoms with Gasteiger partial charge in [-0.2, -0.15) is 5.10 Å². The maximum atomic E-state index is 12.8. The third-order valence-electron chi connectivity index (χ3n) is 4.89. The summed E-state index contributed by atoms with van der Waals surface area (Å²) in [6.45, 7) is 1.96. The van der Waals surface area contributed by atoms with Crippen molar-refractivity contribution in [1.29, 1.82) is 0 Å². The van der Waals surface area contributed by atoms with Crippen molar-refractivity contribution in [2.75, 3.05) is 26.2 Å². The first-order valence-corrected chi connectivity index (χ1v) is 9.77. The number of para-hydroxylation sites is 1. The molecule has 1 aliphatic heterocycles. The third-order valence-corrected chi connectivity index (χ3v) is 5.21. The molecular formula is C21H20ClN5O2. The maximum Gasteiger partial charge on any atom is 0.274 e. The second-order valence-corrected chi connectivity index (χ2v) is 7.17. The highest BCUT2D eigenvalue weighted by molar-refractivity contribution is 6.32. The number of hydrogen-bond donors (Lipinski definition) is 0. The van der Waals surface area contributed by atoms with Crippen LogP contribution in [0.25, 0.3) is 5.69 Å². The van der Waals surface area contributed by atoms with E-state index in [-0.39, 0.29) is 18.2 Å². The molecule has 0 radical (unpaired) electrons. The lowest BCUT2D eigenvalue weighted by atomic mass is 10.2. The fraction of sp³-hybridized carbons (Fsp3) is 0.238. The van der Waals surface area contributed by atoms with Gasteiger partial charge in [-0.1, -0.05) is 29.8 Å². The summed E-state index contributed by atoms with van der Waals surface area (Å²) in [5.41, 5.74) is 1.83. The Morgan fingerprint density at radius 3 is 2.38 bits per heavy atom. The summed E-state index contributed by atoms with van der Waals surface area (Å²) in [7, 11) is 0. The minimum Gasteiger partial charge on any atom is -0.339 e. The normalized spacial score (nSPS) is 14.1. The van der Waals surface area contributed by atoms with Crippen molar-refractivity contribution in [3.8, 4) is 5.69 Å². The number of hydrogen-bond acceptors (Lipinski definition) is 4. The van der Waals surface area contributed by atoms with Crippen LogP contribution in [0.5, 0.6) is 0 Å². The lowest BCUT2D eigenvalue weighted by molar-refractivity contribution is -0.132. The molecule has 0 aliphatic carbocycles. The van der Waals surface area contributed by atoms with Gasteiger partial charge in [-0.05, 0) is 30.3 Å². The Labute approximate surface area is 173 Å². The van der Waals surface area contributed by atoms with Crippen LogP contribution in [0.1, 0.15) is 16.2 Å². The number of carbonyl (C=O) groups excluding carboxylic acids is 2. The van der Waals surface area contributed by atoms with E-state index in [1.165, 1.54) is 0 Å². The molecule has 1 saturated heterocycles. The van der Waals surface area contributed by atoms with Crippen molar-refractivity contribution in [3.63, 3.8) is 0 Å². The van der Waals surface area contributed by atoms with Gasteiger partial charge in [0.25, 0.3) is 5.91 Å². The molecule has 7 nitrogen and oxygen atoms in total. The molecule has 3 aromatic rings. The van der Waals surface area contributed by atoms with Gasteiger partial charge < -0.3 is 9.80 Å². The van der Waals surface area contributed by atoms with Crippen molar-refractivity contribution in [1.82, 2.24) is 24.6 Å². The Kier molecular flexibility index (Phi) is 5.57. The van der Waals surface area contributed by atoms with Crippen molar-refractivity contribution in [3.05, 3.63) is 77.3 Å². The van der Waals surface area contributed by atoms with Gasteiger partial charge in [0.2, 0.25) is 5.91 Å². The number of carbonyl (C=O) groups is 2. The average Bonchev–Trinajstić information content (AvgIpc) is 3.24. The number of amides is 2. The molecule has 1 fully saturated rings. The second-order valence-electron chi connectivity index (χ2n) is 6.77. The van der Waals surface area contributed by atoms with Gasteiger partial charge in [0.15, 0.2) is 5.69 Å². The minimum atomic E-state index is -0.146. The topological polar surface area (TPSA) is 71.3 Å². The monoisotopic (exact) mass is 409 g/mol. The summed E-state index contributed by atoms with van der Waals surface area (Å²) in [6.07, 6.45) is 3.68. The van der Waals surface area contributed by atoms with Crippen LogP contribution in [0, 0.1) is 0 Å². The van der Waals surface area contributed by atoms with Crippen molar-refractivity contribution in [2.24, 2.45) is 0 Å². The number of halogens is 1. The summed E-state index contributed by atoms with van der Waals surface area (Å²) >= 11 is 6.20. The SMILES string of the molecule is O=C(Cc1ccccn1)N1CCN(C(=O)c2ccn(-c3ccccc3Cl)n2)CC1. The van der Waals surface area contributed by atoms with Gasteiger partial charge in [0.05, 0.1) is 17.1 Å². The zero-order valence-electron chi connectivity index (χ0n) is 15.7. The number of aromatic nitrogens is 3. The fourth-order valence-corrected chi connectivity index (χ4v) is 3.52. The summed E-state index contributed by atoms with van der Waals surface area (Å²) in [5.74, 6) is -0.119. The molecule has 2 aromatic heterocycles. The summed E-state index contributed by atoms with van der Waals surface area (Å²) in [6, 6.07) is 14.6. The molecule has 2 amide bonds. The van der Waals surface area contributed by atoms with Crippen LogP contribution >= 0.6 is 11.6 Å². The molecule has 0 atom stereocenters. The molecule has 29 heavy (non-hydrogen) atoms. The lowest BCUT2D eigenvalue weighted by Gasteiger charge is -2.34. The number of benzene rings is 1. The summed E-state index contributed by atoms with van der Waals surface area (Å²) < 4.78 is 1.60. The molecule has 3 heterocycles. The Morgan fingerprint density at radius 1 is 0.931 bits per heavy atom. The lowest BCUT2D eigenvalue weighted by Crippen LogP contribution is -2.51. The van der Waals surface area contributed by atoms with Crippen LogP contribution in [-0.4, -0.2) is 62.6 Å². The van der Waals surface area contributed by atoms with E-state index in [1.54, 1.807) is 39.0 Å². The Morgan fingerprint density at radius 2 is 1.66 bits per heavy atom. The predicted molar refractivity (Wildman–Crippen MR) is 109 cm³/mol. The van der Waals surface area contributed by atoms with E-state index < -0.39 is 0 Å². The molecule has 1 aromatic carbocycles. The van der Waals surface area contributed by atoms with Crippen LogP contribution in [0.4, 0.5) is 0 Å². The largest absolute Gasteiger partial charge is 0.339 e. The second kappa shape index (κ2) is 8.45. The van der Waals surface area contributed by atoms with E-state index >= 15 is 0 Å². The van der Waals surface area contributed by atoms with Gasteiger partial charge in [0.1, 0.15) is 0 Å². The molecule has 0 saturated carbocycles. The van der Waals surface area contributed by atoms with Gasteiger partial charge in [0, 0.05) is 44.3 Å². The van der Waals surface area contributed by atoms with Gasteiger partial charge >= 0.3 is 0 Å². The molecule has 0 N–H and O–H groups in total. The fourth-order valence-electron chi connectivity index (χ4n) is 3.30. The molecule has 1 aliphatic rings. The Balaban J connectivity index is 1.36. The van der Waals surface area contributed by atoms with Crippen molar-refractivity contribution in [2.45, 2.75) is 6.42 Å². The zero-order chi connectivity index (χ0) is 20.2. The van der Waals surface area contributed by atoms with Gasteiger partial charge in [-0.25, -0.2) is 4.68 Å². The number of nitrogens with zero attached hydrogens (tertiary/aromatic N) is 5. The average molecular weight is 410 g/mol. The minimum absolute atomic E-state index is 0.0267. The van der Waals surface area contributed by atoms with Crippen LogP contribution in [0.2, 0.25) is 5.02 Å². The molecule has 0 unspecified atom stereocenters. The molecule has 0 bridgehead atoms. The van der Waals surface area contributed by atoms with Gasteiger partial charge in [-0.3, -0.25) is 14.6 Å². The Bertz CT molecular complexity index is 1010. The maximum absolute atomic E-state index is 12.8. The summed E-state index contributed by atoms with van der Waals surface area (Å²) in [4.78, 5) is 33.0. The zero-order valence-corrected chi connectivity index (χ0v) is 16.5. The van der Waals surface area contributed by atoms with E-state index in [0.717, 1.165) is 11.4 Å². The van der Waals surface area contributed by atoms with Crippen molar-refractivity contribution >= 4 is 23.4 Å².